The van der Waals surface area contributed by atoms with E-state index in [4.69, 9.17) is 4.74 Å². The van der Waals surface area contributed by atoms with Gasteiger partial charge in [-0.15, -0.1) is 0 Å². The predicted octanol–water partition coefficient (Wildman–Crippen LogP) is 4.78. The van der Waals surface area contributed by atoms with Crippen molar-refractivity contribution in [3.05, 3.63) is 104 Å². The van der Waals surface area contributed by atoms with Gasteiger partial charge >= 0.3 is 0 Å². The monoisotopic (exact) mass is 495 g/mol. The molecule has 0 spiro atoms. The third-order valence-electron chi connectivity index (χ3n) is 4.36. The molecule has 9 heteroatoms. The number of benzene rings is 3. The number of methoxy groups -OCH3 is 1. The van der Waals surface area contributed by atoms with Crippen LogP contribution in [0.3, 0.4) is 0 Å². The largest absolute Gasteiger partial charge is 0.496 e. The van der Waals surface area contributed by atoms with Gasteiger partial charge in [-0.25, -0.2) is 0 Å². The normalized spacial score (nSPS) is 10.9. The third-order valence-corrected chi connectivity index (χ3v) is 4.89. The lowest BCUT2D eigenvalue weighted by molar-refractivity contribution is -0.384. The van der Waals surface area contributed by atoms with Gasteiger partial charge < -0.3 is 15.4 Å². The molecule has 0 radical (unpaired) electrons. The van der Waals surface area contributed by atoms with E-state index < -0.39 is 16.7 Å². The highest BCUT2D eigenvalue weighted by Crippen LogP contribution is 2.20. The molecule has 8 nitrogen and oxygen atoms in total. The van der Waals surface area contributed by atoms with Crippen molar-refractivity contribution in [3.8, 4) is 5.75 Å². The lowest BCUT2D eigenvalue weighted by atomic mass is 10.1. The van der Waals surface area contributed by atoms with E-state index in [1.807, 2.05) is 0 Å². The molecule has 2 amide bonds. The van der Waals surface area contributed by atoms with Crippen molar-refractivity contribution >= 4 is 45.2 Å². The molecule has 0 bridgehead atoms. The molecule has 0 unspecified atom stereocenters. The highest BCUT2D eigenvalue weighted by molar-refractivity contribution is 9.10. The van der Waals surface area contributed by atoms with Crippen LogP contribution in [0.1, 0.15) is 15.9 Å². The van der Waals surface area contributed by atoms with Crippen LogP contribution in [-0.4, -0.2) is 23.8 Å². The van der Waals surface area contributed by atoms with E-state index in [9.17, 15) is 19.7 Å². The number of para-hydroxylation sites is 1. The summed E-state index contributed by atoms with van der Waals surface area (Å²) in [7, 11) is 1.44. The van der Waals surface area contributed by atoms with Crippen LogP contribution < -0.4 is 15.4 Å². The molecule has 0 saturated heterocycles. The third kappa shape index (κ3) is 5.79. The number of nitro benzene ring substituents is 1. The van der Waals surface area contributed by atoms with Gasteiger partial charge in [0.25, 0.3) is 17.5 Å². The molecule has 162 valence electrons. The Morgan fingerprint density at radius 1 is 1.00 bits per heavy atom. The molecular weight excluding hydrogens is 478 g/mol. The second-order valence-corrected chi connectivity index (χ2v) is 7.44. The summed E-state index contributed by atoms with van der Waals surface area (Å²) in [6, 6.07) is 19.2. The lowest BCUT2D eigenvalue weighted by Gasteiger charge is -2.13. The van der Waals surface area contributed by atoms with Gasteiger partial charge in [0, 0.05) is 22.3 Å². The minimum Gasteiger partial charge on any atom is -0.496 e. The first-order valence-electron chi connectivity index (χ1n) is 9.35. The first-order valence-corrected chi connectivity index (χ1v) is 10.1. The molecule has 0 aliphatic carbocycles. The molecule has 0 fully saturated rings. The Bertz CT molecular complexity index is 1170. The van der Waals surface area contributed by atoms with Crippen LogP contribution in [0.2, 0.25) is 0 Å². The van der Waals surface area contributed by atoms with Crippen molar-refractivity contribution in [2.24, 2.45) is 0 Å². The Hall–Kier alpha value is -3.98. The van der Waals surface area contributed by atoms with Crippen LogP contribution in [0.15, 0.2) is 83.0 Å². The molecular formula is C23H18BrN3O5. The maximum Gasteiger partial charge on any atom is 0.272 e. The van der Waals surface area contributed by atoms with E-state index in [-0.39, 0.29) is 16.9 Å². The number of hydrogen-bond acceptors (Lipinski definition) is 5. The van der Waals surface area contributed by atoms with Gasteiger partial charge in [-0.3, -0.25) is 19.7 Å². The lowest BCUT2D eigenvalue weighted by Crippen LogP contribution is -2.31. The summed E-state index contributed by atoms with van der Waals surface area (Å²) >= 11 is 3.33. The van der Waals surface area contributed by atoms with Crippen LogP contribution in [0.5, 0.6) is 5.75 Å². The summed E-state index contributed by atoms with van der Waals surface area (Å²) in [6.45, 7) is 0. The minimum absolute atomic E-state index is 0.0438. The number of rotatable bonds is 7. The van der Waals surface area contributed by atoms with Gasteiger partial charge in [0.1, 0.15) is 11.4 Å². The van der Waals surface area contributed by atoms with E-state index >= 15 is 0 Å². The standard InChI is InChI=1S/C23H18BrN3O5/c1-32-21-5-3-2-4-19(21)22(28)26-20(14-15-6-12-18(13-7-15)27(30)31)23(29)25-17-10-8-16(24)9-11-17/h2-14H,1H3,(H,25,29)(H,26,28). The van der Waals surface area contributed by atoms with Crippen molar-refractivity contribution in [2.75, 3.05) is 12.4 Å². The molecule has 3 rings (SSSR count). The molecule has 0 aliphatic heterocycles. The number of nitrogens with one attached hydrogen (secondary N) is 2. The number of non-ortho nitro benzene ring substituents is 1. The van der Waals surface area contributed by atoms with Crippen molar-refractivity contribution in [1.82, 2.24) is 5.32 Å². The zero-order valence-electron chi connectivity index (χ0n) is 16.9. The summed E-state index contributed by atoms with van der Waals surface area (Å²) in [5, 5.41) is 16.2. The fraction of sp³-hybridized carbons (Fsp3) is 0.0435. The second-order valence-electron chi connectivity index (χ2n) is 6.52. The van der Waals surface area contributed by atoms with Gasteiger partial charge in [0.05, 0.1) is 17.6 Å². The first-order chi connectivity index (χ1) is 15.4. The molecule has 0 heterocycles. The number of ether oxygens (including phenoxy) is 1. The Kier molecular flexibility index (Phi) is 7.35. The average Bonchev–Trinajstić information content (AvgIpc) is 2.80. The predicted molar refractivity (Wildman–Crippen MR) is 124 cm³/mol. The van der Waals surface area contributed by atoms with Crippen LogP contribution >= 0.6 is 15.9 Å². The number of nitro groups is 1. The smallest absolute Gasteiger partial charge is 0.272 e. The Morgan fingerprint density at radius 2 is 1.66 bits per heavy atom. The van der Waals surface area contributed by atoms with Crippen LogP contribution in [0, 0.1) is 10.1 Å². The summed E-state index contributed by atoms with van der Waals surface area (Å²) in [4.78, 5) is 36.2. The second kappa shape index (κ2) is 10.4. The van der Waals surface area contributed by atoms with Crippen molar-refractivity contribution < 1.29 is 19.2 Å². The molecule has 0 aromatic heterocycles. The van der Waals surface area contributed by atoms with Gasteiger partial charge in [0.15, 0.2) is 0 Å². The number of anilines is 1. The fourth-order valence-electron chi connectivity index (χ4n) is 2.77. The number of amides is 2. The highest BCUT2D eigenvalue weighted by atomic mass is 79.9. The topological polar surface area (TPSA) is 111 Å². The molecule has 2 N–H and O–H groups in total. The molecule has 3 aromatic carbocycles. The van der Waals surface area contributed by atoms with Gasteiger partial charge in [-0.05, 0) is 60.2 Å². The Labute approximate surface area is 192 Å². The number of halogens is 1. The van der Waals surface area contributed by atoms with Gasteiger partial charge in [-0.2, -0.15) is 0 Å². The summed E-state index contributed by atoms with van der Waals surface area (Å²) in [5.41, 5.74) is 1.15. The number of carbonyl (C=O) groups excluding carboxylic acids is 2. The van der Waals surface area contributed by atoms with Crippen LogP contribution in [-0.2, 0) is 4.79 Å². The van der Waals surface area contributed by atoms with Gasteiger partial charge in [0.2, 0.25) is 0 Å². The zero-order chi connectivity index (χ0) is 23.1. The SMILES string of the molecule is COc1ccccc1C(=O)NC(=Cc1ccc([N+](=O)[O-])cc1)C(=O)Nc1ccc(Br)cc1. The van der Waals surface area contributed by atoms with Crippen LogP contribution in [0.4, 0.5) is 11.4 Å². The summed E-state index contributed by atoms with van der Waals surface area (Å²) < 4.78 is 6.07. The Balaban J connectivity index is 1.92. The average molecular weight is 496 g/mol. The van der Waals surface area contributed by atoms with Crippen molar-refractivity contribution in [1.29, 1.82) is 0 Å². The van der Waals surface area contributed by atoms with E-state index in [0.717, 1.165) is 4.47 Å². The Morgan fingerprint density at radius 3 is 2.28 bits per heavy atom. The molecule has 0 atom stereocenters. The van der Waals surface area contributed by atoms with Crippen molar-refractivity contribution in [3.63, 3.8) is 0 Å². The maximum atomic E-state index is 13.0. The summed E-state index contributed by atoms with van der Waals surface area (Å²) in [5.74, 6) is -0.747. The minimum atomic E-state index is -0.561. The summed E-state index contributed by atoms with van der Waals surface area (Å²) in [6.07, 6.45) is 1.44. The molecule has 0 aliphatic rings. The highest BCUT2D eigenvalue weighted by Gasteiger charge is 2.18. The maximum absolute atomic E-state index is 13.0. The quantitative estimate of drug-likeness (QED) is 0.278. The fourth-order valence-corrected chi connectivity index (χ4v) is 3.04. The molecule has 3 aromatic rings. The van der Waals surface area contributed by atoms with Crippen molar-refractivity contribution in [2.45, 2.75) is 0 Å². The van der Waals surface area contributed by atoms with Crippen LogP contribution in [0.25, 0.3) is 6.08 Å². The molecule has 0 saturated carbocycles. The zero-order valence-corrected chi connectivity index (χ0v) is 18.5. The van der Waals surface area contributed by atoms with Gasteiger partial charge in [-0.1, -0.05) is 28.1 Å². The number of carbonyl (C=O) groups is 2. The van der Waals surface area contributed by atoms with E-state index in [2.05, 4.69) is 26.6 Å². The first kappa shape index (κ1) is 22.7. The van der Waals surface area contributed by atoms with E-state index in [0.29, 0.717) is 17.0 Å². The number of nitrogens with zero attached hydrogens (tertiary/aromatic N) is 1. The number of hydrogen-bond donors (Lipinski definition) is 2. The molecule has 32 heavy (non-hydrogen) atoms. The van der Waals surface area contributed by atoms with E-state index in [1.54, 1.807) is 48.5 Å². The van der Waals surface area contributed by atoms with E-state index in [1.165, 1.54) is 37.5 Å².